The van der Waals surface area contributed by atoms with E-state index in [0.29, 0.717) is 6.42 Å². The van der Waals surface area contributed by atoms with Crippen LogP contribution in [0.5, 0.6) is 0 Å². The van der Waals surface area contributed by atoms with Crippen LogP contribution in [0.1, 0.15) is 85.3 Å². The number of furan rings is 1. The van der Waals surface area contributed by atoms with E-state index in [4.69, 9.17) is 13.9 Å². The summed E-state index contributed by atoms with van der Waals surface area (Å²) in [6.07, 6.45) is 7.71. The van der Waals surface area contributed by atoms with Gasteiger partial charge in [0, 0.05) is 6.42 Å². The Morgan fingerprint density at radius 1 is 0.933 bits per heavy atom. The van der Waals surface area contributed by atoms with Crippen LogP contribution < -0.4 is 5.32 Å². The van der Waals surface area contributed by atoms with Gasteiger partial charge in [-0.15, -0.1) is 0 Å². The van der Waals surface area contributed by atoms with Gasteiger partial charge in [-0.2, -0.15) is 0 Å². The second-order valence-corrected chi connectivity index (χ2v) is 9.32. The quantitative estimate of drug-likeness (QED) is 0.657. The van der Waals surface area contributed by atoms with Crippen molar-refractivity contribution in [2.45, 2.75) is 65.7 Å². The summed E-state index contributed by atoms with van der Waals surface area (Å²) in [6.45, 7) is 5.25. The summed E-state index contributed by atoms with van der Waals surface area (Å²) in [5.74, 6) is 0.907. The van der Waals surface area contributed by atoms with Gasteiger partial charge in [0.25, 0.3) is 0 Å². The fourth-order valence-electron chi connectivity index (χ4n) is 6.50. The fourth-order valence-corrected chi connectivity index (χ4v) is 6.50. The Hall–Kier alpha value is -2.31. The van der Waals surface area contributed by atoms with E-state index < -0.39 is 11.9 Å². The van der Waals surface area contributed by atoms with Crippen LogP contribution in [0.2, 0.25) is 0 Å². The van der Waals surface area contributed by atoms with E-state index in [9.17, 15) is 14.4 Å². The van der Waals surface area contributed by atoms with Crippen molar-refractivity contribution < 1.29 is 28.3 Å². The molecule has 0 saturated heterocycles. The molecule has 4 saturated carbocycles. The maximum absolute atomic E-state index is 13.0. The van der Waals surface area contributed by atoms with Crippen molar-refractivity contribution in [1.82, 2.24) is 0 Å². The first-order valence-corrected chi connectivity index (χ1v) is 11.1. The average molecular weight is 418 g/mol. The van der Waals surface area contributed by atoms with Crippen LogP contribution in [0, 0.1) is 30.1 Å². The largest absolute Gasteiger partial charge is 0.462 e. The predicted molar refractivity (Wildman–Crippen MR) is 109 cm³/mol. The Morgan fingerprint density at radius 3 is 1.93 bits per heavy atom. The van der Waals surface area contributed by atoms with Crippen molar-refractivity contribution >= 4 is 23.7 Å². The van der Waals surface area contributed by atoms with E-state index in [2.05, 4.69) is 5.32 Å². The van der Waals surface area contributed by atoms with Gasteiger partial charge in [-0.05, 0) is 82.5 Å². The summed E-state index contributed by atoms with van der Waals surface area (Å²) in [5.41, 5.74) is 0.0150. The summed E-state index contributed by atoms with van der Waals surface area (Å²) in [6, 6.07) is 0. The Bertz CT molecular complexity index is 819. The number of hydrogen-bond donors (Lipinski definition) is 1. The summed E-state index contributed by atoms with van der Waals surface area (Å²) >= 11 is 0. The molecule has 1 N–H and O–H groups in total. The highest BCUT2D eigenvalue weighted by atomic mass is 16.5. The summed E-state index contributed by atoms with van der Waals surface area (Å²) < 4.78 is 15.8. The number of ether oxygens (including phenoxy) is 2. The van der Waals surface area contributed by atoms with Crippen LogP contribution in [-0.2, 0) is 14.3 Å². The van der Waals surface area contributed by atoms with Crippen molar-refractivity contribution in [3.8, 4) is 0 Å². The third-order valence-electron chi connectivity index (χ3n) is 7.00. The van der Waals surface area contributed by atoms with E-state index in [-0.39, 0.29) is 47.3 Å². The van der Waals surface area contributed by atoms with Crippen LogP contribution in [0.25, 0.3) is 0 Å². The molecule has 7 nitrogen and oxygen atoms in total. The number of aryl methyl sites for hydroxylation is 1. The molecule has 4 fully saturated rings. The normalized spacial score (nSPS) is 29.0. The van der Waals surface area contributed by atoms with Gasteiger partial charge in [0.1, 0.15) is 16.9 Å². The lowest BCUT2D eigenvalue weighted by Crippen LogP contribution is -2.47. The zero-order chi connectivity index (χ0) is 21.5. The molecular formula is C23H31NO6. The molecule has 1 aromatic heterocycles. The molecule has 0 aromatic carbocycles. The molecule has 1 amide bonds. The molecule has 164 valence electrons. The maximum Gasteiger partial charge on any atom is 0.344 e. The van der Waals surface area contributed by atoms with Crippen LogP contribution >= 0.6 is 0 Å². The second-order valence-electron chi connectivity index (χ2n) is 9.32. The van der Waals surface area contributed by atoms with Gasteiger partial charge in [0.05, 0.1) is 13.2 Å². The lowest BCUT2D eigenvalue weighted by atomic mass is 9.49. The molecule has 0 spiro atoms. The summed E-state index contributed by atoms with van der Waals surface area (Å²) in [5, 5.41) is 2.77. The molecule has 4 aliphatic carbocycles. The lowest BCUT2D eigenvalue weighted by molar-refractivity contribution is -0.124. The van der Waals surface area contributed by atoms with Crippen LogP contribution in [0.15, 0.2) is 4.42 Å². The minimum atomic E-state index is -0.706. The number of nitrogens with one attached hydrogen (secondary N) is 1. The average Bonchev–Trinajstić information content (AvgIpc) is 2.96. The molecule has 0 aliphatic heterocycles. The Labute approximate surface area is 176 Å². The van der Waals surface area contributed by atoms with E-state index >= 15 is 0 Å². The number of rotatable bonds is 7. The smallest absolute Gasteiger partial charge is 0.344 e. The number of hydrogen-bond acceptors (Lipinski definition) is 6. The van der Waals surface area contributed by atoms with E-state index in [0.717, 1.165) is 37.0 Å². The zero-order valence-electron chi connectivity index (χ0n) is 18.0. The van der Waals surface area contributed by atoms with Crippen LogP contribution in [0.4, 0.5) is 5.88 Å². The Balaban J connectivity index is 1.55. The zero-order valence-corrected chi connectivity index (χ0v) is 18.0. The van der Waals surface area contributed by atoms with Crippen molar-refractivity contribution in [3.63, 3.8) is 0 Å². The van der Waals surface area contributed by atoms with Crippen LogP contribution in [0.3, 0.4) is 0 Å². The van der Waals surface area contributed by atoms with Gasteiger partial charge in [-0.25, -0.2) is 9.59 Å². The molecule has 1 aromatic rings. The minimum Gasteiger partial charge on any atom is -0.462 e. The molecule has 5 rings (SSSR count). The monoisotopic (exact) mass is 417 g/mol. The van der Waals surface area contributed by atoms with E-state index in [1.54, 1.807) is 20.8 Å². The number of carbonyl (C=O) groups is 3. The van der Waals surface area contributed by atoms with Gasteiger partial charge in [-0.1, -0.05) is 0 Å². The predicted octanol–water partition coefficient (Wildman–Crippen LogP) is 4.49. The number of amides is 1. The lowest BCUT2D eigenvalue weighted by Gasteiger charge is -2.56. The minimum absolute atomic E-state index is 0.0143. The molecule has 4 aliphatic rings. The van der Waals surface area contributed by atoms with Crippen molar-refractivity contribution in [3.05, 3.63) is 16.9 Å². The number of carbonyl (C=O) groups excluding carboxylic acids is 3. The molecule has 30 heavy (non-hydrogen) atoms. The molecule has 0 unspecified atom stereocenters. The second kappa shape index (κ2) is 8.08. The topological polar surface area (TPSA) is 94.8 Å². The SMILES string of the molecule is CCOC(=O)c1c(C)oc(NC(=O)CC23CC4CC(CC(C4)C2)C3)c1C(=O)OCC. The highest BCUT2D eigenvalue weighted by Gasteiger charge is 2.51. The van der Waals surface area contributed by atoms with Gasteiger partial charge in [-0.3, -0.25) is 10.1 Å². The third kappa shape index (κ3) is 3.86. The first-order valence-electron chi connectivity index (χ1n) is 11.1. The van der Waals surface area contributed by atoms with Crippen molar-refractivity contribution in [2.75, 3.05) is 18.5 Å². The Kier molecular flexibility index (Phi) is 5.64. The summed E-state index contributed by atoms with van der Waals surface area (Å²) in [7, 11) is 0. The highest BCUT2D eigenvalue weighted by Crippen LogP contribution is 2.61. The molecule has 1 heterocycles. The molecule has 4 bridgehead atoms. The standard InChI is InChI=1S/C23H31NO6/c1-4-28-21(26)18-13(3)30-20(19(18)22(27)29-5-2)24-17(25)12-23-9-14-6-15(10-23)8-16(7-14)11-23/h14-16H,4-12H2,1-3H3,(H,24,25). The highest BCUT2D eigenvalue weighted by molar-refractivity contribution is 6.09. The summed E-state index contributed by atoms with van der Waals surface area (Å²) in [4.78, 5) is 38.0. The third-order valence-corrected chi connectivity index (χ3v) is 7.00. The van der Waals surface area contributed by atoms with Crippen molar-refractivity contribution in [2.24, 2.45) is 23.2 Å². The molecule has 0 atom stereocenters. The molecular weight excluding hydrogens is 386 g/mol. The fraction of sp³-hybridized carbons (Fsp3) is 0.696. The molecule has 7 heteroatoms. The van der Waals surface area contributed by atoms with Crippen LogP contribution in [-0.4, -0.2) is 31.1 Å². The van der Waals surface area contributed by atoms with Gasteiger partial charge in [0.15, 0.2) is 0 Å². The van der Waals surface area contributed by atoms with Gasteiger partial charge < -0.3 is 13.9 Å². The van der Waals surface area contributed by atoms with E-state index in [1.165, 1.54) is 19.3 Å². The molecule has 0 radical (unpaired) electrons. The first-order chi connectivity index (χ1) is 14.3. The first kappa shape index (κ1) is 20.9. The van der Waals surface area contributed by atoms with Gasteiger partial charge >= 0.3 is 11.9 Å². The maximum atomic E-state index is 13.0. The number of anilines is 1. The Morgan fingerprint density at radius 2 is 1.43 bits per heavy atom. The van der Waals surface area contributed by atoms with Crippen molar-refractivity contribution in [1.29, 1.82) is 0 Å². The van der Waals surface area contributed by atoms with Gasteiger partial charge in [0.2, 0.25) is 11.8 Å². The van der Waals surface area contributed by atoms with E-state index in [1.807, 2.05) is 0 Å². The number of esters is 2.